The molecule has 0 saturated heterocycles. The van der Waals surface area contributed by atoms with Gasteiger partial charge in [-0.1, -0.05) is 72.8 Å². The lowest BCUT2D eigenvalue weighted by Gasteiger charge is -2.16. The Morgan fingerprint density at radius 2 is 0.912 bits per heavy atom. The Morgan fingerprint density at radius 1 is 0.500 bits per heavy atom. The van der Waals surface area contributed by atoms with E-state index in [1.165, 1.54) is 10.8 Å². The Labute approximate surface area is 205 Å². The number of ether oxygens (including phenoxy) is 2. The van der Waals surface area contributed by atoms with E-state index in [0.717, 1.165) is 32.7 Å². The lowest BCUT2D eigenvalue weighted by atomic mass is 10.2. The normalized spacial score (nSPS) is 11.1. The number of para-hydroxylation sites is 4. The standard InChI is InChI=1S/C30H20BrNO2/c31-30-28(33-22-11-3-1-4-12-22)19-21(20-29(30)34-23-13-5-2-6-14-23)32-26-17-9-7-15-24(26)25-16-8-10-18-27(25)32/h1-20H. The predicted molar refractivity (Wildman–Crippen MR) is 142 cm³/mol. The SMILES string of the molecule is Brc1c(Oc2ccccc2)cc(-n2c3ccccc3c3ccccc32)cc1Oc1ccccc1. The van der Waals surface area contributed by atoms with E-state index in [9.17, 15) is 0 Å². The van der Waals surface area contributed by atoms with E-state index in [-0.39, 0.29) is 0 Å². The van der Waals surface area contributed by atoms with E-state index in [0.29, 0.717) is 11.5 Å². The van der Waals surface area contributed by atoms with Crippen molar-refractivity contribution in [2.24, 2.45) is 0 Å². The van der Waals surface area contributed by atoms with Crippen LogP contribution in [0.5, 0.6) is 23.0 Å². The molecule has 5 aromatic carbocycles. The molecule has 0 N–H and O–H groups in total. The van der Waals surface area contributed by atoms with E-state index in [2.05, 4.69) is 69.0 Å². The molecule has 164 valence electrons. The molecule has 0 fully saturated rings. The number of hydrogen-bond donors (Lipinski definition) is 0. The molecule has 1 aromatic heterocycles. The van der Waals surface area contributed by atoms with Crippen LogP contribution in [0.2, 0.25) is 0 Å². The summed E-state index contributed by atoms with van der Waals surface area (Å²) in [6, 6.07) is 40.6. The van der Waals surface area contributed by atoms with Gasteiger partial charge in [0.25, 0.3) is 0 Å². The topological polar surface area (TPSA) is 23.4 Å². The molecule has 4 heteroatoms. The second kappa shape index (κ2) is 8.73. The predicted octanol–water partition coefficient (Wildman–Crippen LogP) is 9.13. The Hall–Kier alpha value is -4.02. The van der Waals surface area contributed by atoms with Crippen LogP contribution in [0.4, 0.5) is 0 Å². The van der Waals surface area contributed by atoms with Gasteiger partial charge in [0, 0.05) is 22.9 Å². The maximum atomic E-state index is 6.31. The second-order valence-corrected chi connectivity index (χ2v) is 8.75. The van der Waals surface area contributed by atoms with Gasteiger partial charge in [-0.15, -0.1) is 0 Å². The molecule has 6 rings (SSSR count). The molecular weight excluding hydrogens is 486 g/mol. The van der Waals surface area contributed by atoms with Crippen molar-refractivity contribution in [1.82, 2.24) is 4.57 Å². The molecule has 0 unspecified atom stereocenters. The van der Waals surface area contributed by atoms with Gasteiger partial charge in [-0.3, -0.25) is 0 Å². The van der Waals surface area contributed by atoms with Gasteiger partial charge in [0.2, 0.25) is 0 Å². The third kappa shape index (κ3) is 3.72. The fraction of sp³-hybridized carbons (Fsp3) is 0. The van der Waals surface area contributed by atoms with Gasteiger partial charge in [0.05, 0.1) is 16.7 Å². The number of fused-ring (bicyclic) bond motifs is 3. The van der Waals surface area contributed by atoms with Gasteiger partial charge in [0.15, 0.2) is 0 Å². The van der Waals surface area contributed by atoms with Gasteiger partial charge < -0.3 is 14.0 Å². The smallest absolute Gasteiger partial charge is 0.147 e. The molecule has 6 aromatic rings. The maximum Gasteiger partial charge on any atom is 0.147 e. The highest BCUT2D eigenvalue weighted by Crippen LogP contribution is 2.43. The molecule has 0 aliphatic carbocycles. The fourth-order valence-corrected chi connectivity index (χ4v) is 4.66. The second-order valence-electron chi connectivity index (χ2n) is 7.96. The van der Waals surface area contributed by atoms with Crippen LogP contribution in [0.25, 0.3) is 27.5 Å². The van der Waals surface area contributed by atoms with E-state index in [1.54, 1.807) is 0 Å². The molecule has 0 aliphatic rings. The molecule has 0 bridgehead atoms. The zero-order chi connectivity index (χ0) is 22.9. The van der Waals surface area contributed by atoms with Crippen LogP contribution in [0.3, 0.4) is 0 Å². The molecule has 0 atom stereocenters. The lowest BCUT2D eigenvalue weighted by Crippen LogP contribution is -1.98. The van der Waals surface area contributed by atoms with Crippen LogP contribution in [0.15, 0.2) is 126 Å². The summed E-state index contributed by atoms with van der Waals surface area (Å²) in [5, 5.41) is 2.41. The van der Waals surface area contributed by atoms with Gasteiger partial charge in [-0.05, 0) is 52.3 Å². The average Bonchev–Trinajstić information content (AvgIpc) is 3.22. The molecule has 0 spiro atoms. The largest absolute Gasteiger partial charge is 0.456 e. The van der Waals surface area contributed by atoms with Crippen molar-refractivity contribution in [2.45, 2.75) is 0 Å². The first-order valence-electron chi connectivity index (χ1n) is 11.1. The monoisotopic (exact) mass is 505 g/mol. The van der Waals surface area contributed by atoms with Crippen molar-refractivity contribution < 1.29 is 9.47 Å². The Kier molecular flexibility index (Phi) is 5.28. The highest BCUT2D eigenvalue weighted by atomic mass is 79.9. The molecule has 34 heavy (non-hydrogen) atoms. The minimum absolute atomic E-state index is 0.677. The number of aromatic nitrogens is 1. The number of nitrogens with zero attached hydrogens (tertiary/aromatic N) is 1. The van der Waals surface area contributed by atoms with Gasteiger partial charge in [-0.2, -0.15) is 0 Å². The van der Waals surface area contributed by atoms with E-state index < -0.39 is 0 Å². The van der Waals surface area contributed by atoms with Crippen LogP contribution < -0.4 is 9.47 Å². The van der Waals surface area contributed by atoms with Gasteiger partial charge in [0.1, 0.15) is 27.5 Å². The summed E-state index contributed by atoms with van der Waals surface area (Å²) in [7, 11) is 0. The highest BCUT2D eigenvalue weighted by molar-refractivity contribution is 9.10. The summed E-state index contributed by atoms with van der Waals surface area (Å²) < 4.78 is 15.6. The summed E-state index contributed by atoms with van der Waals surface area (Å²) >= 11 is 3.73. The summed E-state index contributed by atoms with van der Waals surface area (Å²) in [5.74, 6) is 2.87. The molecule has 0 aliphatic heterocycles. The zero-order valence-corrected chi connectivity index (χ0v) is 19.8. The molecule has 1 heterocycles. The summed E-state index contributed by atoms with van der Waals surface area (Å²) in [6.07, 6.45) is 0. The fourth-order valence-electron chi connectivity index (χ4n) is 4.27. The van der Waals surface area contributed by atoms with Crippen molar-refractivity contribution in [3.8, 4) is 28.7 Å². The Balaban J connectivity index is 1.59. The highest BCUT2D eigenvalue weighted by Gasteiger charge is 2.18. The quantitative estimate of drug-likeness (QED) is 0.233. The third-order valence-corrected chi connectivity index (χ3v) is 6.55. The molecule has 0 saturated carbocycles. The van der Waals surface area contributed by atoms with Crippen LogP contribution in [-0.2, 0) is 0 Å². The Morgan fingerprint density at radius 3 is 1.38 bits per heavy atom. The van der Waals surface area contributed by atoms with E-state index in [4.69, 9.17) is 9.47 Å². The lowest BCUT2D eigenvalue weighted by molar-refractivity contribution is 0.454. The molecule has 3 nitrogen and oxygen atoms in total. The van der Waals surface area contributed by atoms with Crippen molar-refractivity contribution in [3.05, 3.63) is 126 Å². The van der Waals surface area contributed by atoms with Crippen LogP contribution >= 0.6 is 15.9 Å². The van der Waals surface area contributed by atoms with Crippen LogP contribution in [0, 0.1) is 0 Å². The van der Waals surface area contributed by atoms with Crippen LogP contribution in [-0.4, -0.2) is 4.57 Å². The minimum Gasteiger partial charge on any atom is -0.456 e. The molecule has 0 amide bonds. The number of rotatable bonds is 5. The van der Waals surface area contributed by atoms with E-state index in [1.807, 2.05) is 72.8 Å². The summed E-state index contributed by atoms with van der Waals surface area (Å²) in [6.45, 7) is 0. The number of hydrogen-bond acceptors (Lipinski definition) is 2. The van der Waals surface area contributed by atoms with Crippen molar-refractivity contribution in [1.29, 1.82) is 0 Å². The van der Waals surface area contributed by atoms with Crippen molar-refractivity contribution >= 4 is 37.7 Å². The number of benzene rings is 5. The molecule has 0 radical (unpaired) electrons. The minimum atomic E-state index is 0.677. The van der Waals surface area contributed by atoms with Gasteiger partial charge >= 0.3 is 0 Å². The number of halogens is 1. The van der Waals surface area contributed by atoms with Crippen molar-refractivity contribution in [2.75, 3.05) is 0 Å². The first kappa shape index (κ1) is 20.6. The summed E-state index contributed by atoms with van der Waals surface area (Å²) in [5.41, 5.74) is 3.21. The zero-order valence-electron chi connectivity index (χ0n) is 18.2. The maximum absolute atomic E-state index is 6.31. The first-order valence-corrected chi connectivity index (χ1v) is 11.9. The van der Waals surface area contributed by atoms with Crippen LogP contribution in [0.1, 0.15) is 0 Å². The molecular formula is C30H20BrNO2. The first-order chi connectivity index (χ1) is 16.8. The van der Waals surface area contributed by atoms with Crippen molar-refractivity contribution in [3.63, 3.8) is 0 Å². The van der Waals surface area contributed by atoms with E-state index >= 15 is 0 Å². The summed E-state index contributed by atoms with van der Waals surface area (Å²) in [4.78, 5) is 0. The Bertz CT molecular complexity index is 1490. The van der Waals surface area contributed by atoms with Gasteiger partial charge in [-0.25, -0.2) is 0 Å². The average molecular weight is 506 g/mol. The third-order valence-electron chi connectivity index (χ3n) is 5.77.